The second-order valence-corrected chi connectivity index (χ2v) is 6.23. The standard InChI is InChI=1S/C19H23NO/c1-13-10-16(19(21)11-14(13)2)12-20(3)18-9-8-15-6-4-5-7-17(15)18/h4-7,10-11,18,21H,8-9,12H2,1-3H3/t18-/m0/s1. The van der Waals surface area contributed by atoms with Crippen LogP contribution in [0.25, 0.3) is 0 Å². The highest BCUT2D eigenvalue weighted by Crippen LogP contribution is 2.36. The third-order valence-electron chi connectivity index (χ3n) is 4.75. The lowest BCUT2D eigenvalue weighted by atomic mass is 10.0. The molecule has 110 valence electrons. The average Bonchev–Trinajstić information content (AvgIpc) is 2.88. The highest BCUT2D eigenvalue weighted by Gasteiger charge is 2.25. The summed E-state index contributed by atoms with van der Waals surface area (Å²) >= 11 is 0. The van der Waals surface area contributed by atoms with Crippen molar-refractivity contribution in [3.05, 3.63) is 64.2 Å². The van der Waals surface area contributed by atoms with E-state index in [4.69, 9.17) is 0 Å². The number of benzene rings is 2. The van der Waals surface area contributed by atoms with Gasteiger partial charge in [0.2, 0.25) is 0 Å². The molecule has 0 aliphatic heterocycles. The van der Waals surface area contributed by atoms with E-state index in [9.17, 15) is 5.11 Å². The highest BCUT2D eigenvalue weighted by molar-refractivity contribution is 5.41. The summed E-state index contributed by atoms with van der Waals surface area (Å²) in [5, 5.41) is 10.2. The van der Waals surface area contributed by atoms with Gasteiger partial charge in [-0.05, 0) is 62.1 Å². The van der Waals surface area contributed by atoms with Gasteiger partial charge in [0.1, 0.15) is 5.75 Å². The Balaban J connectivity index is 1.82. The highest BCUT2D eigenvalue weighted by atomic mass is 16.3. The molecular formula is C19H23NO. The number of nitrogens with zero attached hydrogens (tertiary/aromatic N) is 1. The Labute approximate surface area is 127 Å². The summed E-state index contributed by atoms with van der Waals surface area (Å²) in [6.07, 6.45) is 2.32. The lowest BCUT2D eigenvalue weighted by Crippen LogP contribution is -2.22. The van der Waals surface area contributed by atoms with Crippen LogP contribution in [-0.4, -0.2) is 17.1 Å². The van der Waals surface area contributed by atoms with Crippen LogP contribution >= 0.6 is 0 Å². The first-order chi connectivity index (χ1) is 10.1. The topological polar surface area (TPSA) is 23.5 Å². The maximum atomic E-state index is 10.2. The van der Waals surface area contributed by atoms with Crippen molar-refractivity contribution in [2.75, 3.05) is 7.05 Å². The summed E-state index contributed by atoms with van der Waals surface area (Å²) in [5.41, 5.74) is 6.32. The van der Waals surface area contributed by atoms with Crippen molar-refractivity contribution >= 4 is 0 Å². The van der Waals surface area contributed by atoms with Gasteiger partial charge in [0.15, 0.2) is 0 Å². The van der Waals surface area contributed by atoms with Crippen molar-refractivity contribution in [2.45, 2.75) is 39.3 Å². The minimum Gasteiger partial charge on any atom is -0.508 e. The van der Waals surface area contributed by atoms with Gasteiger partial charge in [0.25, 0.3) is 0 Å². The Morgan fingerprint density at radius 2 is 1.86 bits per heavy atom. The number of phenolic OH excluding ortho intramolecular Hbond substituents is 1. The Morgan fingerprint density at radius 3 is 2.67 bits per heavy atom. The molecule has 0 amide bonds. The first-order valence-corrected chi connectivity index (χ1v) is 7.63. The minimum atomic E-state index is 0.413. The van der Waals surface area contributed by atoms with Gasteiger partial charge < -0.3 is 5.11 Å². The molecule has 0 heterocycles. The summed E-state index contributed by atoms with van der Waals surface area (Å²) in [5.74, 6) is 0.413. The smallest absolute Gasteiger partial charge is 0.120 e. The summed E-state index contributed by atoms with van der Waals surface area (Å²) in [6.45, 7) is 4.92. The fraction of sp³-hybridized carbons (Fsp3) is 0.368. The number of aromatic hydroxyl groups is 1. The van der Waals surface area contributed by atoms with Crippen LogP contribution in [-0.2, 0) is 13.0 Å². The third kappa shape index (κ3) is 2.68. The fourth-order valence-electron chi connectivity index (χ4n) is 3.36. The predicted molar refractivity (Wildman–Crippen MR) is 86.6 cm³/mol. The van der Waals surface area contributed by atoms with Crippen LogP contribution in [0.3, 0.4) is 0 Å². The molecule has 2 nitrogen and oxygen atoms in total. The number of rotatable bonds is 3. The molecule has 0 aromatic heterocycles. The third-order valence-corrected chi connectivity index (χ3v) is 4.75. The van der Waals surface area contributed by atoms with Crippen molar-refractivity contribution < 1.29 is 5.11 Å². The second-order valence-electron chi connectivity index (χ2n) is 6.23. The van der Waals surface area contributed by atoms with Crippen LogP contribution < -0.4 is 0 Å². The lowest BCUT2D eigenvalue weighted by molar-refractivity contribution is 0.233. The van der Waals surface area contributed by atoms with E-state index in [0.717, 1.165) is 24.1 Å². The molecule has 1 atom stereocenters. The molecule has 1 aliphatic rings. The van der Waals surface area contributed by atoms with Gasteiger partial charge in [0, 0.05) is 18.2 Å². The molecule has 2 aromatic rings. The molecule has 0 spiro atoms. The van der Waals surface area contributed by atoms with E-state index in [-0.39, 0.29) is 0 Å². The van der Waals surface area contributed by atoms with E-state index >= 15 is 0 Å². The van der Waals surface area contributed by atoms with Crippen molar-refractivity contribution in [2.24, 2.45) is 0 Å². The van der Waals surface area contributed by atoms with Gasteiger partial charge in [-0.1, -0.05) is 30.3 Å². The second kappa shape index (κ2) is 5.53. The molecule has 0 bridgehead atoms. The van der Waals surface area contributed by atoms with E-state index in [2.05, 4.69) is 49.2 Å². The summed E-state index contributed by atoms with van der Waals surface area (Å²) < 4.78 is 0. The molecule has 2 aromatic carbocycles. The quantitative estimate of drug-likeness (QED) is 0.914. The van der Waals surface area contributed by atoms with Crippen LogP contribution in [0.15, 0.2) is 36.4 Å². The van der Waals surface area contributed by atoms with Gasteiger partial charge >= 0.3 is 0 Å². The molecule has 1 N–H and O–H groups in total. The Hall–Kier alpha value is -1.80. The molecule has 2 heteroatoms. The minimum absolute atomic E-state index is 0.413. The largest absolute Gasteiger partial charge is 0.508 e. The Kier molecular flexibility index (Phi) is 3.73. The molecule has 0 unspecified atom stereocenters. The molecule has 0 radical (unpaired) electrons. The number of aryl methyl sites for hydroxylation is 3. The Bertz CT molecular complexity index is 663. The monoisotopic (exact) mass is 281 g/mol. The van der Waals surface area contributed by atoms with E-state index in [1.54, 1.807) is 0 Å². The van der Waals surface area contributed by atoms with Crippen molar-refractivity contribution in [3.63, 3.8) is 0 Å². The van der Waals surface area contributed by atoms with Gasteiger partial charge in [-0.3, -0.25) is 4.90 Å². The summed E-state index contributed by atoms with van der Waals surface area (Å²) in [7, 11) is 2.15. The first kappa shape index (κ1) is 14.2. The maximum absolute atomic E-state index is 10.2. The van der Waals surface area contributed by atoms with Crippen LogP contribution in [0.4, 0.5) is 0 Å². The van der Waals surface area contributed by atoms with Crippen LogP contribution in [0, 0.1) is 13.8 Å². The number of fused-ring (bicyclic) bond motifs is 1. The molecule has 0 fully saturated rings. The predicted octanol–water partition coefficient (Wildman–Crippen LogP) is 4.13. The van der Waals surface area contributed by atoms with Crippen LogP contribution in [0.2, 0.25) is 0 Å². The number of hydrogen-bond donors (Lipinski definition) is 1. The van der Waals surface area contributed by atoms with E-state index in [1.807, 2.05) is 13.0 Å². The zero-order valence-corrected chi connectivity index (χ0v) is 13.1. The molecule has 1 aliphatic carbocycles. The van der Waals surface area contributed by atoms with Gasteiger partial charge in [-0.15, -0.1) is 0 Å². The number of phenols is 1. The van der Waals surface area contributed by atoms with E-state index in [0.29, 0.717) is 11.8 Å². The summed E-state index contributed by atoms with van der Waals surface area (Å²) in [4.78, 5) is 2.36. The number of hydrogen-bond acceptors (Lipinski definition) is 2. The van der Waals surface area contributed by atoms with Gasteiger partial charge in [-0.25, -0.2) is 0 Å². The van der Waals surface area contributed by atoms with Crippen molar-refractivity contribution in [3.8, 4) is 5.75 Å². The SMILES string of the molecule is Cc1cc(O)c(CN(C)[C@H]2CCc3ccccc32)cc1C. The van der Waals surface area contributed by atoms with Crippen LogP contribution in [0.1, 0.15) is 40.3 Å². The lowest BCUT2D eigenvalue weighted by Gasteiger charge is -2.26. The van der Waals surface area contributed by atoms with Crippen molar-refractivity contribution in [1.29, 1.82) is 0 Å². The molecular weight excluding hydrogens is 258 g/mol. The van der Waals surface area contributed by atoms with E-state index in [1.165, 1.54) is 23.1 Å². The average molecular weight is 281 g/mol. The zero-order chi connectivity index (χ0) is 15.0. The van der Waals surface area contributed by atoms with E-state index < -0.39 is 0 Å². The zero-order valence-electron chi connectivity index (χ0n) is 13.1. The van der Waals surface area contributed by atoms with Gasteiger partial charge in [0.05, 0.1) is 0 Å². The summed E-state index contributed by atoms with van der Waals surface area (Å²) in [6, 6.07) is 13.2. The normalized spacial score (nSPS) is 17.2. The van der Waals surface area contributed by atoms with Crippen LogP contribution in [0.5, 0.6) is 5.75 Å². The molecule has 0 saturated carbocycles. The first-order valence-electron chi connectivity index (χ1n) is 7.63. The van der Waals surface area contributed by atoms with Crippen molar-refractivity contribution in [1.82, 2.24) is 4.90 Å². The molecule has 0 saturated heterocycles. The molecule has 21 heavy (non-hydrogen) atoms. The van der Waals surface area contributed by atoms with Gasteiger partial charge in [-0.2, -0.15) is 0 Å². The molecule has 3 rings (SSSR count). The fourth-order valence-corrected chi connectivity index (χ4v) is 3.36. The Morgan fingerprint density at radius 1 is 1.14 bits per heavy atom. The maximum Gasteiger partial charge on any atom is 0.120 e.